The lowest BCUT2D eigenvalue weighted by molar-refractivity contribution is -0.884. The summed E-state index contributed by atoms with van der Waals surface area (Å²) in [6.07, 6.45) is 0. The van der Waals surface area contributed by atoms with Crippen LogP contribution in [0.3, 0.4) is 0 Å². The van der Waals surface area contributed by atoms with Gasteiger partial charge in [0.15, 0.2) is 6.67 Å². The molecule has 0 aliphatic rings. The van der Waals surface area contributed by atoms with E-state index in [4.69, 9.17) is 0 Å². The second-order valence-corrected chi connectivity index (χ2v) is 5.00. The molecule has 0 fully saturated rings. The van der Waals surface area contributed by atoms with E-state index in [0.29, 0.717) is 10.0 Å². The predicted molar refractivity (Wildman–Crippen MR) is 62.0 cm³/mol. The summed E-state index contributed by atoms with van der Waals surface area (Å²) >= 11 is 0. The number of quaternary nitrogens is 1. The van der Waals surface area contributed by atoms with Gasteiger partial charge in [-0.2, -0.15) is 5.06 Å². The molecule has 0 saturated heterocycles. The number of rotatable bonds is 3. The van der Waals surface area contributed by atoms with E-state index in [2.05, 4.69) is 0 Å². The summed E-state index contributed by atoms with van der Waals surface area (Å²) in [6.45, 7) is 2.21. The molecule has 88 valence electrons. The third-order valence-corrected chi connectivity index (χ3v) is 2.09. The number of hydrogen-bond donors (Lipinski definition) is 1. The number of nitrogens with zero attached hydrogens (tertiary/aromatic N) is 2. The maximum atomic E-state index is 11.8. The van der Waals surface area contributed by atoms with Crippen molar-refractivity contribution in [1.82, 2.24) is 5.06 Å². The molecule has 1 aromatic rings. The van der Waals surface area contributed by atoms with Gasteiger partial charge < -0.3 is 4.48 Å². The molecule has 0 heterocycles. The topological polar surface area (TPSA) is 40.5 Å². The van der Waals surface area contributed by atoms with Crippen molar-refractivity contribution in [3.05, 3.63) is 35.4 Å². The van der Waals surface area contributed by atoms with E-state index in [-0.39, 0.29) is 12.6 Å². The summed E-state index contributed by atoms with van der Waals surface area (Å²) in [5.41, 5.74) is 1.59. The first-order valence-corrected chi connectivity index (χ1v) is 5.17. The van der Waals surface area contributed by atoms with Crippen molar-refractivity contribution < 1.29 is 14.5 Å². The smallest absolute Gasteiger partial charge is 0.282 e. The molecule has 1 amide bonds. The fourth-order valence-electron chi connectivity index (χ4n) is 1.31. The van der Waals surface area contributed by atoms with E-state index in [0.717, 1.165) is 10.6 Å². The van der Waals surface area contributed by atoms with E-state index < -0.39 is 0 Å². The van der Waals surface area contributed by atoms with Crippen LogP contribution in [-0.2, 0) is 0 Å². The van der Waals surface area contributed by atoms with Crippen molar-refractivity contribution >= 4 is 5.91 Å². The number of aryl methyl sites for hydroxylation is 1. The predicted octanol–water partition coefficient (Wildman–Crippen LogP) is 1.49. The minimum Gasteiger partial charge on any atom is -0.312 e. The lowest BCUT2D eigenvalue weighted by Gasteiger charge is -2.27. The van der Waals surface area contributed by atoms with Crippen LogP contribution in [0.15, 0.2) is 24.3 Å². The quantitative estimate of drug-likeness (QED) is 0.365. The third-order valence-electron chi connectivity index (χ3n) is 2.09. The molecule has 0 atom stereocenters. The Morgan fingerprint density at radius 2 is 1.75 bits per heavy atom. The Morgan fingerprint density at radius 1 is 1.25 bits per heavy atom. The van der Waals surface area contributed by atoms with Crippen molar-refractivity contribution in [3.63, 3.8) is 0 Å². The molecule has 0 saturated carbocycles. The van der Waals surface area contributed by atoms with E-state index >= 15 is 0 Å². The zero-order chi connectivity index (χ0) is 12.3. The van der Waals surface area contributed by atoms with Gasteiger partial charge in [0, 0.05) is 5.56 Å². The molecule has 4 nitrogen and oxygen atoms in total. The van der Waals surface area contributed by atoms with Crippen molar-refractivity contribution in [1.29, 1.82) is 0 Å². The number of carbonyl (C=O) groups is 1. The van der Waals surface area contributed by atoms with Crippen LogP contribution < -0.4 is 0 Å². The molecule has 0 unspecified atom stereocenters. The third kappa shape index (κ3) is 3.64. The Morgan fingerprint density at radius 3 is 2.19 bits per heavy atom. The van der Waals surface area contributed by atoms with E-state index in [9.17, 15) is 10.0 Å². The molecule has 1 aromatic carbocycles. The number of hydroxylamine groups is 2. The fourth-order valence-corrected chi connectivity index (χ4v) is 1.31. The second kappa shape index (κ2) is 4.63. The Hall–Kier alpha value is -1.39. The first-order chi connectivity index (χ1) is 7.29. The molecule has 1 N–H and O–H groups in total. The lowest BCUT2D eigenvalue weighted by atomic mass is 10.1. The van der Waals surface area contributed by atoms with Crippen LogP contribution >= 0.6 is 0 Å². The van der Waals surface area contributed by atoms with Gasteiger partial charge in [-0.05, 0) is 19.1 Å². The van der Waals surface area contributed by atoms with Crippen LogP contribution in [0.1, 0.15) is 15.9 Å². The molecular weight excluding hydrogens is 204 g/mol. The Bertz CT molecular complexity index is 366. The van der Waals surface area contributed by atoms with Gasteiger partial charge >= 0.3 is 0 Å². The highest BCUT2D eigenvalue weighted by molar-refractivity contribution is 5.93. The average molecular weight is 223 g/mol. The highest BCUT2D eigenvalue weighted by Crippen LogP contribution is 2.07. The van der Waals surface area contributed by atoms with Gasteiger partial charge in [0.1, 0.15) is 0 Å². The monoisotopic (exact) mass is 223 g/mol. The minimum atomic E-state index is -0.368. The minimum absolute atomic E-state index is 0.257. The molecule has 1 rings (SSSR count). The largest absolute Gasteiger partial charge is 0.312 e. The Kier molecular flexibility index (Phi) is 3.67. The standard InChI is InChI=1S/C12H19N2O2/c1-10-5-7-11(8-6-10)12(15)13(16)9-14(2,3)4/h5-8,16H,9H2,1-4H3/q+1. The SMILES string of the molecule is Cc1ccc(C(=O)N(O)C[N+](C)(C)C)cc1. The van der Waals surface area contributed by atoms with Crippen molar-refractivity contribution in [3.8, 4) is 0 Å². The Balaban J connectivity index is 2.74. The van der Waals surface area contributed by atoms with Crippen LogP contribution in [0, 0.1) is 6.92 Å². The van der Waals surface area contributed by atoms with Crippen molar-refractivity contribution in [2.45, 2.75) is 6.92 Å². The second-order valence-electron chi connectivity index (χ2n) is 5.00. The van der Waals surface area contributed by atoms with Crippen LogP contribution in [0.2, 0.25) is 0 Å². The molecule has 0 radical (unpaired) electrons. The molecule has 0 spiro atoms. The van der Waals surface area contributed by atoms with Gasteiger partial charge in [-0.1, -0.05) is 17.7 Å². The van der Waals surface area contributed by atoms with Crippen molar-refractivity contribution in [2.75, 3.05) is 27.8 Å². The Labute approximate surface area is 96.3 Å². The maximum Gasteiger partial charge on any atom is 0.282 e. The van der Waals surface area contributed by atoms with Gasteiger partial charge in [0.25, 0.3) is 5.91 Å². The highest BCUT2D eigenvalue weighted by Gasteiger charge is 2.19. The molecule has 0 aromatic heterocycles. The van der Waals surface area contributed by atoms with Crippen LogP contribution in [0.4, 0.5) is 0 Å². The molecule has 0 aliphatic heterocycles. The van der Waals surface area contributed by atoms with Gasteiger partial charge in [0.05, 0.1) is 21.1 Å². The fraction of sp³-hybridized carbons (Fsp3) is 0.417. The van der Waals surface area contributed by atoms with Crippen molar-refractivity contribution in [2.24, 2.45) is 0 Å². The van der Waals surface area contributed by atoms with Crippen LogP contribution in [0.25, 0.3) is 0 Å². The van der Waals surface area contributed by atoms with E-state index in [1.54, 1.807) is 12.1 Å². The highest BCUT2D eigenvalue weighted by atomic mass is 16.5. The summed E-state index contributed by atoms with van der Waals surface area (Å²) in [6, 6.07) is 7.15. The summed E-state index contributed by atoms with van der Waals surface area (Å²) in [5, 5.41) is 10.4. The molecule has 0 bridgehead atoms. The van der Waals surface area contributed by atoms with E-state index in [1.165, 1.54) is 0 Å². The van der Waals surface area contributed by atoms with E-state index in [1.807, 2.05) is 40.2 Å². The van der Waals surface area contributed by atoms with Crippen LogP contribution in [0.5, 0.6) is 0 Å². The maximum absolute atomic E-state index is 11.8. The summed E-state index contributed by atoms with van der Waals surface area (Å²) in [4.78, 5) is 11.8. The number of hydrogen-bond acceptors (Lipinski definition) is 2. The normalized spacial score (nSPS) is 11.3. The zero-order valence-corrected chi connectivity index (χ0v) is 10.3. The first-order valence-electron chi connectivity index (χ1n) is 5.17. The van der Waals surface area contributed by atoms with Gasteiger partial charge in [0.2, 0.25) is 0 Å². The summed E-state index contributed by atoms with van der Waals surface area (Å²) in [5.74, 6) is -0.368. The first kappa shape index (κ1) is 12.7. The zero-order valence-electron chi connectivity index (χ0n) is 10.3. The molecule has 4 heteroatoms. The summed E-state index contributed by atoms with van der Waals surface area (Å²) in [7, 11) is 5.73. The van der Waals surface area contributed by atoms with Gasteiger partial charge in [-0.15, -0.1) is 0 Å². The molecule has 16 heavy (non-hydrogen) atoms. The average Bonchev–Trinajstić information content (AvgIpc) is 2.15. The van der Waals surface area contributed by atoms with Gasteiger partial charge in [-0.3, -0.25) is 10.0 Å². The van der Waals surface area contributed by atoms with Gasteiger partial charge in [-0.25, -0.2) is 0 Å². The molecular formula is C12H19N2O2+. The molecule has 0 aliphatic carbocycles. The number of benzene rings is 1. The number of amides is 1. The van der Waals surface area contributed by atoms with Crippen LogP contribution in [-0.4, -0.2) is 48.5 Å². The lowest BCUT2D eigenvalue weighted by Crippen LogP contribution is -2.46. The summed E-state index contributed by atoms with van der Waals surface area (Å²) < 4.78 is 0.494. The number of carbonyl (C=O) groups excluding carboxylic acids is 1.